The first-order chi connectivity index (χ1) is 8.12. The third kappa shape index (κ3) is 1.84. The monoisotopic (exact) mass is 252 g/mol. The van der Waals surface area contributed by atoms with Crippen LogP contribution >= 0.6 is 11.6 Å². The Morgan fingerprint density at radius 3 is 2.53 bits per heavy atom. The van der Waals surface area contributed by atoms with Crippen LogP contribution in [0.1, 0.15) is 48.8 Å². The molecule has 2 nitrogen and oxygen atoms in total. The number of benzene rings is 1. The molecule has 2 N–H and O–H groups in total. The van der Waals surface area contributed by atoms with Gasteiger partial charge in [-0.25, -0.2) is 0 Å². The Morgan fingerprint density at radius 2 is 1.82 bits per heavy atom. The highest BCUT2D eigenvalue weighted by molar-refractivity contribution is 6.33. The zero-order valence-electron chi connectivity index (χ0n) is 9.80. The maximum atomic E-state index is 10.2. The van der Waals surface area contributed by atoms with Crippen LogP contribution in [0.5, 0.6) is 5.75 Å². The summed E-state index contributed by atoms with van der Waals surface area (Å²) in [5.74, 6) is 0.104. The molecule has 0 spiro atoms. The number of hydrogen-bond donors (Lipinski definition) is 2. The van der Waals surface area contributed by atoms with Crippen LogP contribution in [-0.2, 0) is 18.4 Å². The molecule has 0 radical (unpaired) electrons. The highest BCUT2D eigenvalue weighted by Crippen LogP contribution is 2.51. The topological polar surface area (TPSA) is 40.5 Å². The molecular weight excluding hydrogens is 236 g/mol. The molecule has 1 saturated carbocycles. The Labute approximate surface area is 106 Å². The zero-order valence-corrected chi connectivity index (χ0v) is 10.6. The van der Waals surface area contributed by atoms with Crippen molar-refractivity contribution in [1.29, 1.82) is 0 Å². The van der Waals surface area contributed by atoms with Crippen LogP contribution in [0.3, 0.4) is 0 Å². The van der Waals surface area contributed by atoms with Gasteiger partial charge in [0.05, 0.1) is 10.6 Å². The second-order valence-electron chi connectivity index (χ2n) is 5.32. The molecule has 17 heavy (non-hydrogen) atoms. The second-order valence-corrected chi connectivity index (χ2v) is 5.69. The molecule has 92 valence electrons. The smallest absolute Gasteiger partial charge is 0.140 e. The standard InChI is InChI=1S/C14H17ClO2/c15-12-10-5-3-1-2-4-9(10)8-11(13(12)16)14(17)6-7-14/h8,16-17H,1-7H2. The fourth-order valence-electron chi connectivity index (χ4n) is 2.76. The lowest BCUT2D eigenvalue weighted by atomic mass is 9.95. The van der Waals surface area contributed by atoms with E-state index >= 15 is 0 Å². The van der Waals surface area contributed by atoms with Gasteiger partial charge >= 0.3 is 0 Å². The van der Waals surface area contributed by atoms with E-state index in [-0.39, 0.29) is 5.75 Å². The summed E-state index contributed by atoms with van der Waals surface area (Å²) in [6.45, 7) is 0. The van der Waals surface area contributed by atoms with E-state index in [1.807, 2.05) is 6.07 Å². The quantitative estimate of drug-likeness (QED) is 0.753. The first-order valence-electron chi connectivity index (χ1n) is 6.38. The number of aryl methyl sites for hydroxylation is 1. The molecule has 2 aliphatic rings. The molecule has 2 aliphatic carbocycles. The van der Waals surface area contributed by atoms with E-state index in [2.05, 4.69) is 0 Å². The molecule has 0 bridgehead atoms. The highest BCUT2D eigenvalue weighted by atomic mass is 35.5. The molecule has 0 heterocycles. The van der Waals surface area contributed by atoms with Crippen LogP contribution in [0.4, 0.5) is 0 Å². The van der Waals surface area contributed by atoms with Gasteiger partial charge in [-0.1, -0.05) is 18.0 Å². The van der Waals surface area contributed by atoms with Gasteiger partial charge < -0.3 is 10.2 Å². The number of aliphatic hydroxyl groups is 1. The van der Waals surface area contributed by atoms with Gasteiger partial charge in [0.15, 0.2) is 0 Å². The van der Waals surface area contributed by atoms with Crippen molar-refractivity contribution in [2.24, 2.45) is 0 Å². The third-order valence-corrected chi connectivity index (χ3v) is 4.44. The number of fused-ring (bicyclic) bond motifs is 1. The first kappa shape index (κ1) is 11.4. The molecule has 1 fully saturated rings. The van der Waals surface area contributed by atoms with E-state index in [0.717, 1.165) is 37.7 Å². The fourth-order valence-corrected chi connectivity index (χ4v) is 3.08. The van der Waals surface area contributed by atoms with Gasteiger partial charge in [0.25, 0.3) is 0 Å². The molecule has 3 heteroatoms. The summed E-state index contributed by atoms with van der Waals surface area (Å²) in [6.07, 6.45) is 6.94. The van der Waals surface area contributed by atoms with E-state index in [9.17, 15) is 10.2 Å². The van der Waals surface area contributed by atoms with Crippen molar-refractivity contribution in [1.82, 2.24) is 0 Å². The molecule has 0 atom stereocenters. The number of phenolic OH excluding ortho intramolecular Hbond substituents is 1. The summed E-state index contributed by atoms with van der Waals surface area (Å²) in [5, 5.41) is 20.8. The predicted octanol–water partition coefficient (Wildman–Crippen LogP) is 3.30. The molecule has 0 saturated heterocycles. The lowest BCUT2D eigenvalue weighted by molar-refractivity contribution is 0.147. The number of hydrogen-bond acceptors (Lipinski definition) is 2. The SMILES string of the molecule is Oc1c(C2(O)CC2)cc2c(c1Cl)CCCCC2. The number of rotatable bonds is 1. The Balaban J connectivity index is 2.14. The average molecular weight is 253 g/mol. The van der Waals surface area contributed by atoms with E-state index < -0.39 is 5.60 Å². The minimum absolute atomic E-state index is 0.104. The van der Waals surface area contributed by atoms with Crippen molar-refractivity contribution < 1.29 is 10.2 Å². The number of phenols is 1. The van der Waals surface area contributed by atoms with E-state index in [0.29, 0.717) is 10.6 Å². The van der Waals surface area contributed by atoms with Crippen LogP contribution < -0.4 is 0 Å². The highest BCUT2D eigenvalue weighted by Gasteiger charge is 2.45. The average Bonchev–Trinajstić information content (AvgIpc) is 3.07. The van der Waals surface area contributed by atoms with Crippen molar-refractivity contribution in [2.75, 3.05) is 0 Å². The first-order valence-corrected chi connectivity index (χ1v) is 6.76. The maximum Gasteiger partial charge on any atom is 0.140 e. The van der Waals surface area contributed by atoms with Crippen molar-refractivity contribution >= 4 is 11.6 Å². The maximum absolute atomic E-state index is 10.2. The van der Waals surface area contributed by atoms with Gasteiger partial charge in [0.2, 0.25) is 0 Å². The van der Waals surface area contributed by atoms with Crippen molar-refractivity contribution in [3.63, 3.8) is 0 Å². The van der Waals surface area contributed by atoms with Crippen molar-refractivity contribution in [3.8, 4) is 5.75 Å². The lowest BCUT2D eigenvalue weighted by Crippen LogP contribution is -2.07. The molecule has 0 amide bonds. The van der Waals surface area contributed by atoms with Crippen LogP contribution in [0.2, 0.25) is 5.02 Å². The molecule has 0 aromatic heterocycles. The summed E-state index contributed by atoms with van der Waals surface area (Å²) in [5.41, 5.74) is 2.15. The number of aromatic hydroxyl groups is 1. The minimum Gasteiger partial charge on any atom is -0.506 e. The van der Waals surface area contributed by atoms with Crippen LogP contribution in [0, 0.1) is 0 Å². The van der Waals surface area contributed by atoms with E-state index in [1.165, 1.54) is 18.4 Å². The number of halogens is 1. The largest absolute Gasteiger partial charge is 0.506 e. The summed E-state index contributed by atoms with van der Waals surface area (Å²) in [4.78, 5) is 0. The predicted molar refractivity (Wildman–Crippen MR) is 67.5 cm³/mol. The van der Waals surface area contributed by atoms with E-state index in [1.54, 1.807) is 0 Å². The Hall–Kier alpha value is -0.730. The van der Waals surface area contributed by atoms with Crippen molar-refractivity contribution in [3.05, 3.63) is 27.8 Å². The molecule has 0 unspecified atom stereocenters. The van der Waals surface area contributed by atoms with Gasteiger partial charge in [-0.05, 0) is 55.7 Å². The van der Waals surface area contributed by atoms with Gasteiger partial charge in [-0.3, -0.25) is 0 Å². The van der Waals surface area contributed by atoms with Gasteiger partial charge in [0, 0.05) is 5.56 Å². The summed E-state index contributed by atoms with van der Waals surface area (Å²) < 4.78 is 0. The van der Waals surface area contributed by atoms with Crippen LogP contribution in [0.15, 0.2) is 6.07 Å². The summed E-state index contributed by atoms with van der Waals surface area (Å²) in [7, 11) is 0. The van der Waals surface area contributed by atoms with Gasteiger partial charge in [-0.2, -0.15) is 0 Å². The lowest BCUT2D eigenvalue weighted by Gasteiger charge is -2.17. The van der Waals surface area contributed by atoms with Crippen LogP contribution in [0.25, 0.3) is 0 Å². The van der Waals surface area contributed by atoms with Crippen molar-refractivity contribution in [2.45, 2.75) is 50.5 Å². The van der Waals surface area contributed by atoms with Crippen LogP contribution in [-0.4, -0.2) is 10.2 Å². The molecule has 1 aromatic rings. The molecular formula is C14H17ClO2. The molecule has 3 rings (SSSR count). The Bertz CT molecular complexity index is 464. The van der Waals surface area contributed by atoms with E-state index in [4.69, 9.17) is 11.6 Å². The normalized spacial score (nSPS) is 21.8. The third-order valence-electron chi connectivity index (χ3n) is 4.03. The zero-order chi connectivity index (χ0) is 12.0. The summed E-state index contributed by atoms with van der Waals surface area (Å²) >= 11 is 6.26. The summed E-state index contributed by atoms with van der Waals surface area (Å²) in [6, 6.07) is 1.98. The second kappa shape index (κ2) is 3.89. The molecule has 0 aliphatic heterocycles. The molecule has 1 aromatic carbocycles. The fraction of sp³-hybridized carbons (Fsp3) is 0.571. The Morgan fingerprint density at radius 1 is 1.12 bits per heavy atom. The van der Waals surface area contributed by atoms with Gasteiger partial charge in [0.1, 0.15) is 5.75 Å². The minimum atomic E-state index is -0.810. The van der Waals surface area contributed by atoms with Gasteiger partial charge in [-0.15, -0.1) is 0 Å². The Kier molecular flexibility index (Phi) is 2.60.